The summed E-state index contributed by atoms with van der Waals surface area (Å²) in [7, 11) is 3.93. The number of amides is 1. The van der Waals surface area contributed by atoms with Crippen LogP contribution in [0.2, 0.25) is 0 Å². The lowest BCUT2D eigenvalue weighted by Crippen LogP contribution is -2.19. The van der Waals surface area contributed by atoms with Crippen molar-refractivity contribution < 1.29 is 28.2 Å². The predicted molar refractivity (Wildman–Crippen MR) is 90.4 cm³/mol. The van der Waals surface area contributed by atoms with Crippen LogP contribution >= 0.6 is 11.8 Å². The summed E-state index contributed by atoms with van der Waals surface area (Å²) in [6, 6.07) is 2.72. The predicted octanol–water partition coefficient (Wildman–Crippen LogP) is 1.45. The maximum absolute atomic E-state index is 13.9. The molecule has 2 rings (SSSR count). The fraction of sp³-hybridized carbons (Fsp3) is 0.200. The Balaban J connectivity index is 2.15. The van der Waals surface area contributed by atoms with Crippen LogP contribution in [0.1, 0.15) is 5.56 Å². The van der Waals surface area contributed by atoms with E-state index < -0.39 is 17.7 Å². The molecular formula is C15H14FN3O5S. The molecule has 0 aromatic heterocycles. The molecule has 1 heterocycles. The Bertz CT molecular complexity index is 792. The molecule has 1 N–H and O–H groups in total. The average Bonchev–Trinajstić information content (AvgIpc) is 2.93. The number of amidine groups is 1. The van der Waals surface area contributed by atoms with Crippen LogP contribution in [-0.2, 0) is 14.3 Å². The number of benzene rings is 1. The lowest BCUT2D eigenvalue weighted by molar-refractivity contribution is -0.135. The van der Waals surface area contributed by atoms with Crippen LogP contribution < -0.4 is 14.8 Å². The molecule has 1 aliphatic rings. The summed E-state index contributed by atoms with van der Waals surface area (Å²) in [5.41, 5.74) is 0.388. The van der Waals surface area contributed by atoms with Crippen LogP contribution in [0.4, 0.5) is 4.39 Å². The van der Waals surface area contributed by atoms with Gasteiger partial charge in [-0.3, -0.25) is 10.1 Å². The minimum absolute atomic E-state index is 0.0119. The van der Waals surface area contributed by atoms with E-state index in [1.807, 2.05) is 0 Å². The second kappa shape index (κ2) is 8.29. The van der Waals surface area contributed by atoms with Crippen molar-refractivity contribution in [3.8, 4) is 11.5 Å². The van der Waals surface area contributed by atoms with Crippen molar-refractivity contribution >= 4 is 35.0 Å². The van der Waals surface area contributed by atoms with Gasteiger partial charge in [0.2, 0.25) is 0 Å². The third-order valence-electron chi connectivity index (χ3n) is 2.91. The number of esters is 1. The van der Waals surface area contributed by atoms with Gasteiger partial charge in [-0.15, -0.1) is 5.10 Å². The van der Waals surface area contributed by atoms with Gasteiger partial charge >= 0.3 is 5.97 Å². The highest BCUT2D eigenvalue weighted by Gasteiger charge is 2.25. The Morgan fingerprint density at radius 3 is 2.68 bits per heavy atom. The van der Waals surface area contributed by atoms with E-state index in [9.17, 15) is 14.0 Å². The number of carbonyl (C=O) groups is 2. The zero-order chi connectivity index (χ0) is 18.4. The fourth-order valence-electron chi connectivity index (χ4n) is 1.80. The first kappa shape index (κ1) is 18.5. The summed E-state index contributed by atoms with van der Waals surface area (Å²) in [4.78, 5) is 22.9. The van der Waals surface area contributed by atoms with Crippen LogP contribution in [0, 0.1) is 5.82 Å². The van der Waals surface area contributed by atoms with E-state index in [1.54, 1.807) is 0 Å². The molecule has 0 unspecified atom stereocenters. The number of hydrogen-bond acceptors (Lipinski definition) is 8. The molecule has 0 radical (unpaired) electrons. The van der Waals surface area contributed by atoms with Gasteiger partial charge in [0.05, 0.1) is 32.4 Å². The van der Waals surface area contributed by atoms with Crippen LogP contribution in [-0.4, -0.2) is 44.6 Å². The Morgan fingerprint density at radius 2 is 2.04 bits per heavy atom. The van der Waals surface area contributed by atoms with E-state index in [4.69, 9.17) is 9.47 Å². The Hall–Kier alpha value is -2.88. The molecular weight excluding hydrogens is 353 g/mol. The summed E-state index contributed by atoms with van der Waals surface area (Å²) in [6.07, 6.45) is 2.34. The summed E-state index contributed by atoms with van der Waals surface area (Å²) in [6.45, 7) is 0. The van der Waals surface area contributed by atoms with Gasteiger partial charge in [-0.1, -0.05) is 0 Å². The number of carbonyl (C=O) groups excluding carboxylic acids is 2. The fourth-order valence-corrected chi connectivity index (χ4v) is 2.54. The van der Waals surface area contributed by atoms with E-state index in [0.717, 1.165) is 17.8 Å². The Morgan fingerprint density at radius 1 is 1.28 bits per heavy atom. The highest BCUT2D eigenvalue weighted by molar-refractivity contribution is 8.18. The van der Waals surface area contributed by atoms with Crippen molar-refractivity contribution in [2.24, 2.45) is 10.2 Å². The van der Waals surface area contributed by atoms with Gasteiger partial charge in [-0.25, -0.2) is 9.18 Å². The molecule has 0 spiro atoms. The van der Waals surface area contributed by atoms with Crippen LogP contribution in [0.3, 0.4) is 0 Å². The van der Waals surface area contributed by atoms with E-state index in [1.165, 1.54) is 39.7 Å². The second-order valence-electron chi connectivity index (χ2n) is 4.48. The normalized spacial score (nSPS) is 17.2. The van der Waals surface area contributed by atoms with Gasteiger partial charge in [0.15, 0.2) is 22.5 Å². The molecule has 0 atom stereocenters. The van der Waals surface area contributed by atoms with Gasteiger partial charge in [-0.05, 0) is 23.9 Å². The second-order valence-corrected chi connectivity index (χ2v) is 5.51. The van der Waals surface area contributed by atoms with Crippen molar-refractivity contribution in [3.05, 3.63) is 34.5 Å². The molecule has 1 saturated heterocycles. The van der Waals surface area contributed by atoms with Crippen LogP contribution in [0.5, 0.6) is 11.5 Å². The molecule has 1 fully saturated rings. The van der Waals surface area contributed by atoms with Gasteiger partial charge in [-0.2, -0.15) is 5.10 Å². The first-order valence-corrected chi connectivity index (χ1v) is 7.61. The van der Waals surface area contributed by atoms with Gasteiger partial charge in [0, 0.05) is 11.6 Å². The maximum Gasteiger partial charge on any atom is 0.331 e. The van der Waals surface area contributed by atoms with E-state index in [0.29, 0.717) is 5.56 Å². The number of methoxy groups -OCH3 is 3. The minimum atomic E-state index is -0.650. The number of ether oxygens (including phenoxy) is 3. The third kappa shape index (κ3) is 4.57. The van der Waals surface area contributed by atoms with Crippen LogP contribution in [0.15, 0.2) is 33.3 Å². The molecule has 10 heteroatoms. The molecule has 0 bridgehead atoms. The molecule has 1 aromatic rings. The maximum atomic E-state index is 13.9. The van der Waals surface area contributed by atoms with Gasteiger partial charge in [0.25, 0.3) is 5.91 Å². The molecule has 1 aliphatic heterocycles. The number of halogens is 1. The zero-order valence-electron chi connectivity index (χ0n) is 13.5. The first-order valence-electron chi connectivity index (χ1n) is 6.80. The zero-order valence-corrected chi connectivity index (χ0v) is 14.3. The molecule has 0 aliphatic carbocycles. The summed E-state index contributed by atoms with van der Waals surface area (Å²) in [5.74, 6) is -1.54. The molecule has 1 aromatic carbocycles. The van der Waals surface area contributed by atoms with Crippen molar-refractivity contribution in [2.45, 2.75) is 0 Å². The van der Waals surface area contributed by atoms with Gasteiger partial charge < -0.3 is 14.2 Å². The number of hydrogen-bond donors (Lipinski definition) is 1. The smallest absolute Gasteiger partial charge is 0.331 e. The van der Waals surface area contributed by atoms with E-state index in [-0.39, 0.29) is 21.6 Å². The monoisotopic (exact) mass is 367 g/mol. The number of nitrogens with zero attached hydrogens (tertiary/aromatic N) is 2. The number of rotatable bonds is 5. The van der Waals surface area contributed by atoms with E-state index >= 15 is 0 Å². The minimum Gasteiger partial charge on any atom is -0.493 e. The number of thioether (sulfide) groups is 1. The van der Waals surface area contributed by atoms with Gasteiger partial charge in [0.1, 0.15) is 0 Å². The highest BCUT2D eigenvalue weighted by atomic mass is 32.2. The largest absolute Gasteiger partial charge is 0.493 e. The Kier molecular flexibility index (Phi) is 6.12. The molecule has 1 amide bonds. The van der Waals surface area contributed by atoms with E-state index in [2.05, 4.69) is 20.3 Å². The lowest BCUT2D eigenvalue weighted by atomic mass is 10.2. The SMILES string of the molecule is COC(=O)/C=C1/S/C(=N\N=Cc2cc(F)c(OC)c(OC)c2)NC1=O. The summed E-state index contributed by atoms with van der Waals surface area (Å²) in [5, 5.41) is 10.2. The summed E-state index contributed by atoms with van der Waals surface area (Å²) >= 11 is 0.932. The topological polar surface area (TPSA) is 98.6 Å². The highest BCUT2D eigenvalue weighted by Crippen LogP contribution is 2.30. The standard InChI is InChI=1S/C15H14FN3O5S/c1-22-10-5-8(4-9(16)13(10)24-3)7-17-19-15-18-14(21)11(25-15)6-12(20)23-2/h4-7H,1-3H3,(H,18,19,21)/b11-6+,17-7?. The summed E-state index contributed by atoms with van der Waals surface area (Å²) < 4.78 is 28.3. The number of nitrogens with one attached hydrogen (secondary N) is 1. The molecule has 25 heavy (non-hydrogen) atoms. The van der Waals surface area contributed by atoms with Crippen molar-refractivity contribution in [1.29, 1.82) is 0 Å². The van der Waals surface area contributed by atoms with Crippen LogP contribution in [0.25, 0.3) is 0 Å². The van der Waals surface area contributed by atoms with Crippen molar-refractivity contribution in [2.75, 3.05) is 21.3 Å². The van der Waals surface area contributed by atoms with Crippen molar-refractivity contribution in [1.82, 2.24) is 5.32 Å². The Labute approximate surface area is 146 Å². The molecule has 8 nitrogen and oxygen atoms in total. The average molecular weight is 367 g/mol. The third-order valence-corrected chi connectivity index (χ3v) is 3.81. The quantitative estimate of drug-likeness (QED) is 0.366. The molecule has 0 saturated carbocycles. The van der Waals surface area contributed by atoms with Crippen molar-refractivity contribution in [3.63, 3.8) is 0 Å². The first-order chi connectivity index (χ1) is 12.0. The lowest BCUT2D eigenvalue weighted by Gasteiger charge is -2.08. The molecule has 132 valence electrons.